The van der Waals surface area contributed by atoms with Crippen LogP contribution in [0.3, 0.4) is 0 Å². The topological polar surface area (TPSA) is 44.0 Å². The predicted molar refractivity (Wildman–Crippen MR) is 75.1 cm³/mol. The molecular weight excluding hydrogens is 222 g/mol. The second-order valence-electron chi connectivity index (χ2n) is 5.99. The summed E-state index contributed by atoms with van der Waals surface area (Å²) in [6.45, 7) is 4.32. The molecule has 2 heteroatoms. The van der Waals surface area contributed by atoms with Gasteiger partial charge >= 0.3 is 0 Å². The van der Waals surface area contributed by atoms with Crippen LogP contribution in [0.25, 0.3) is 0 Å². The van der Waals surface area contributed by atoms with Gasteiger partial charge in [0.15, 0.2) is 0 Å². The Morgan fingerprint density at radius 3 is 1.94 bits per heavy atom. The lowest BCUT2D eigenvalue weighted by Crippen LogP contribution is -2.49. The quantitative estimate of drug-likeness (QED) is 0.720. The molecule has 104 valence electrons. The average Bonchev–Trinajstić information content (AvgIpc) is 2.40. The molecule has 0 saturated heterocycles. The molecule has 0 amide bonds. The summed E-state index contributed by atoms with van der Waals surface area (Å²) in [5.41, 5.74) is -1.20. The lowest BCUT2D eigenvalue weighted by Gasteiger charge is -2.45. The van der Waals surface area contributed by atoms with Crippen LogP contribution in [0.2, 0.25) is 0 Å². The maximum atomic E-state index is 11.0. The molecule has 2 nitrogen and oxygen atoms in total. The summed E-state index contributed by atoms with van der Waals surface area (Å²) in [5, 5.41) is 20.7. The van der Waals surface area contributed by atoms with Crippen LogP contribution in [0, 0.1) is 16.7 Å². The van der Waals surface area contributed by atoms with Crippen LogP contribution in [0.4, 0.5) is 0 Å². The van der Waals surface area contributed by atoms with Gasteiger partial charge < -0.3 is 5.11 Å². The standard InChI is InChI=1S/C16H29NO/c1-3-5-10-15(14-17,11-6-4-2)16(18)12-8-7-9-13-16/h18H,3-13H2,1-2H3. The summed E-state index contributed by atoms with van der Waals surface area (Å²) < 4.78 is 0. The Morgan fingerprint density at radius 1 is 1.06 bits per heavy atom. The minimum atomic E-state index is -0.718. The minimum absolute atomic E-state index is 0.487. The van der Waals surface area contributed by atoms with E-state index in [1.807, 2.05) is 0 Å². The summed E-state index contributed by atoms with van der Waals surface area (Å²) in [6.07, 6.45) is 11.1. The van der Waals surface area contributed by atoms with Gasteiger partial charge in [-0.1, -0.05) is 58.8 Å². The second-order valence-corrected chi connectivity index (χ2v) is 5.99. The lowest BCUT2D eigenvalue weighted by atomic mass is 9.61. The van der Waals surface area contributed by atoms with Crippen molar-refractivity contribution in [2.45, 2.75) is 90.1 Å². The van der Waals surface area contributed by atoms with Crippen molar-refractivity contribution in [1.29, 1.82) is 5.26 Å². The average molecular weight is 251 g/mol. The van der Waals surface area contributed by atoms with Gasteiger partial charge in [0.2, 0.25) is 0 Å². The normalized spacial score (nSPS) is 19.4. The maximum absolute atomic E-state index is 11.0. The summed E-state index contributed by atoms with van der Waals surface area (Å²) in [6, 6.07) is 2.55. The first kappa shape index (κ1) is 15.5. The summed E-state index contributed by atoms with van der Waals surface area (Å²) in [5.74, 6) is 0. The fourth-order valence-corrected chi connectivity index (χ4v) is 3.38. The van der Waals surface area contributed by atoms with E-state index < -0.39 is 11.0 Å². The van der Waals surface area contributed by atoms with E-state index >= 15 is 0 Å². The van der Waals surface area contributed by atoms with Gasteiger partial charge in [-0.05, 0) is 25.7 Å². The number of hydrogen-bond acceptors (Lipinski definition) is 2. The first-order valence-corrected chi connectivity index (χ1v) is 7.78. The van der Waals surface area contributed by atoms with Gasteiger partial charge in [0.25, 0.3) is 0 Å². The van der Waals surface area contributed by atoms with Crippen LogP contribution in [0.1, 0.15) is 84.5 Å². The van der Waals surface area contributed by atoms with E-state index in [-0.39, 0.29) is 0 Å². The molecule has 0 radical (unpaired) electrons. The van der Waals surface area contributed by atoms with Crippen molar-refractivity contribution in [2.75, 3.05) is 0 Å². The molecular formula is C16H29NO. The van der Waals surface area contributed by atoms with E-state index in [2.05, 4.69) is 19.9 Å². The zero-order valence-corrected chi connectivity index (χ0v) is 12.2. The van der Waals surface area contributed by atoms with Crippen molar-refractivity contribution in [2.24, 2.45) is 5.41 Å². The highest BCUT2D eigenvalue weighted by atomic mass is 16.3. The van der Waals surface area contributed by atoms with Crippen LogP contribution < -0.4 is 0 Å². The first-order chi connectivity index (χ1) is 8.64. The molecule has 0 bridgehead atoms. The molecule has 1 N–H and O–H groups in total. The first-order valence-electron chi connectivity index (χ1n) is 7.78. The Hall–Kier alpha value is -0.550. The molecule has 0 aromatic heterocycles. The third-order valence-corrected chi connectivity index (χ3v) is 4.70. The van der Waals surface area contributed by atoms with Crippen LogP contribution in [-0.2, 0) is 0 Å². The molecule has 0 heterocycles. The van der Waals surface area contributed by atoms with Gasteiger partial charge in [0.05, 0.1) is 17.1 Å². The molecule has 0 aromatic carbocycles. The van der Waals surface area contributed by atoms with Crippen LogP contribution >= 0.6 is 0 Å². The lowest BCUT2D eigenvalue weighted by molar-refractivity contribution is -0.0913. The smallest absolute Gasteiger partial charge is 0.0860 e. The van der Waals surface area contributed by atoms with E-state index in [1.165, 1.54) is 6.42 Å². The minimum Gasteiger partial charge on any atom is -0.388 e. The van der Waals surface area contributed by atoms with E-state index in [0.29, 0.717) is 0 Å². The van der Waals surface area contributed by atoms with E-state index in [4.69, 9.17) is 0 Å². The Kier molecular flexibility index (Phi) is 6.15. The number of unbranched alkanes of at least 4 members (excludes halogenated alkanes) is 2. The van der Waals surface area contributed by atoms with Crippen molar-refractivity contribution in [1.82, 2.24) is 0 Å². The monoisotopic (exact) mass is 251 g/mol. The summed E-state index contributed by atoms with van der Waals surface area (Å²) in [7, 11) is 0. The molecule has 0 aliphatic heterocycles. The predicted octanol–water partition coefficient (Wildman–Crippen LogP) is 4.57. The van der Waals surface area contributed by atoms with Gasteiger partial charge in [-0.3, -0.25) is 0 Å². The highest BCUT2D eigenvalue weighted by Crippen LogP contribution is 2.48. The number of nitriles is 1. The Morgan fingerprint density at radius 2 is 1.56 bits per heavy atom. The molecule has 0 atom stereocenters. The fraction of sp³-hybridized carbons (Fsp3) is 0.938. The van der Waals surface area contributed by atoms with Gasteiger partial charge in [-0.2, -0.15) is 5.26 Å². The number of rotatable bonds is 7. The Labute approximate surface area is 112 Å². The van der Waals surface area contributed by atoms with E-state index in [9.17, 15) is 10.4 Å². The van der Waals surface area contributed by atoms with E-state index in [0.717, 1.165) is 64.2 Å². The van der Waals surface area contributed by atoms with E-state index in [1.54, 1.807) is 0 Å². The van der Waals surface area contributed by atoms with Crippen LogP contribution in [-0.4, -0.2) is 10.7 Å². The number of nitrogens with zero attached hydrogens (tertiary/aromatic N) is 1. The molecule has 0 unspecified atom stereocenters. The Bertz CT molecular complexity index is 265. The highest BCUT2D eigenvalue weighted by molar-refractivity contribution is 5.12. The second kappa shape index (κ2) is 7.14. The zero-order chi connectivity index (χ0) is 13.5. The van der Waals surface area contributed by atoms with Gasteiger partial charge in [0.1, 0.15) is 0 Å². The van der Waals surface area contributed by atoms with Crippen molar-refractivity contribution >= 4 is 0 Å². The fourth-order valence-electron chi connectivity index (χ4n) is 3.38. The third kappa shape index (κ3) is 3.26. The largest absolute Gasteiger partial charge is 0.388 e. The molecule has 1 aliphatic rings. The summed E-state index contributed by atoms with van der Waals surface area (Å²) in [4.78, 5) is 0. The van der Waals surface area contributed by atoms with Crippen LogP contribution in [0.15, 0.2) is 0 Å². The molecule has 1 saturated carbocycles. The number of hydrogen-bond donors (Lipinski definition) is 1. The molecule has 1 fully saturated rings. The third-order valence-electron chi connectivity index (χ3n) is 4.70. The Balaban J connectivity index is 2.88. The number of aliphatic hydroxyl groups is 1. The van der Waals surface area contributed by atoms with Gasteiger partial charge in [-0.25, -0.2) is 0 Å². The highest BCUT2D eigenvalue weighted by Gasteiger charge is 2.49. The molecule has 0 spiro atoms. The zero-order valence-electron chi connectivity index (χ0n) is 12.2. The van der Waals surface area contributed by atoms with Gasteiger partial charge in [-0.15, -0.1) is 0 Å². The van der Waals surface area contributed by atoms with Gasteiger partial charge in [0, 0.05) is 0 Å². The van der Waals surface area contributed by atoms with Crippen molar-refractivity contribution in [3.8, 4) is 6.07 Å². The molecule has 1 aliphatic carbocycles. The van der Waals surface area contributed by atoms with Crippen molar-refractivity contribution in [3.05, 3.63) is 0 Å². The maximum Gasteiger partial charge on any atom is 0.0860 e. The molecule has 0 aromatic rings. The van der Waals surface area contributed by atoms with Crippen molar-refractivity contribution in [3.63, 3.8) is 0 Å². The molecule has 18 heavy (non-hydrogen) atoms. The summed E-state index contributed by atoms with van der Waals surface area (Å²) >= 11 is 0. The van der Waals surface area contributed by atoms with Crippen molar-refractivity contribution < 1.29 is 5.11 Å². The van der Waals surface area contributed by atoms with Crippen LogP contribution in [0.5, 0.6) is 0 Å². The SMILES string of the molecule is CCCCC(C#N)(CCCC)C1(O)CCCCC1. The molecule has 1 rings (SSSR count).